The maximum absolute atomic E-state index is 14.1. The van der Waals surface area contributed by atoms with Gasteiger partial charge in [-0.3, -0.25) is 4.90 Å². The van der Waals surface area contributed by atoms with Crippen molar-refractivity contribution in [3.63, 3.8) is 0 Å². The third-order valence-corrected chi connectivity index (χ3v) is 5.47. The standard InChI is InChI=1S/C19H28BrFN4O2/c1-19(2,3)27-18(26)25-10-8-23(9-11-25)15-4-6-24(7-5-15)17-16(21)12-14(20)13-22-17/h12-13,15H,4-11H2,1-3H3. The highest BCUT2D eigenvalue weighted by Crippen LogP contribution is 2.25. The third-order valence-electron chi connectivity index (χ3n) is 5.03. The number of aromatic nitrogens is 1. The van der Waals surface area contributed by atoms with Crippen molar-refractivity contribution in [1.29, 1.82) is 0 Å². The van der Waals surface area contributed by atoms with Gasteiger partial charge in [-0.15, -0.1) is 0 Å². The number of hydrogen-bond donors (Lipinski definition) is 0. The van der Waals surface area contributed by atoms with Crippen LogP contribution in [0.1, 0.15) is 33.6 Å². The van der Waals surface area contributed by atoms with Crippen LogP contribution in [0.3, 0.4) is 0 Å². The number of carbonyl (C=O) groups excluding carboxylic acids is 1. The summed E-state index contributed by atoms with van der Waals surface area (Å²) in [5.74, 6) is 0.153. The summed E-state index contributed by atoms with van der Waals surface area (Å²) in [6.45, 7) is 10.3. The monoisotopic (exact) mass is 442 g/mol. The lowest BCUT2D eigenvalue weighted by molar-refractivity contribution is 0.00901. The van der Waals surface area contributed by atoms with Gasteiger partial charge >= 0.3 is 6.09 Å². The largest absolute Gasteiger partial charge is 0.444 e. The summed E-state index contributed by atoms with van der Waals surface area (Å²) in [4.78, 5) is 22.7. The summed E-state index contributed by atoms with van der Waals surface area (Å²) in [6.07, 6.45) is 3.36. The van der Waals surface area contributed by atoms with Crippen LogP contribution in [0.5, 0.6) is 0 Å². The van der Waals surface area contributed by atoms with Gasteiger partial charge < -0.3 is 14.5 Å². The lowest BCUT2D eigenvalue weighted by Crippen LogP contribution is -2.55. The number of amides is 1. The molecule has 2 aliphatic rings. The Balaban J connectivity index is 1.48. The van der Waals surface area contributed by atoms with E-state index < -0.39 is 5.60 Å². The Morgan fingerprint density at radius 2 is 1.81 bits per heavy atom. The van der Waals surface area contributed by atoms with Gasteiger partial charge in [0.25, 0.3) is 0 Å². The molecule has 150 valence electrons. The van der Waals surface area contributed by atoms with Crippen LogP contribution in [0.25, 0.3) is 0 Å². The topological polar surface area (TPSA) is 48.9 Å². The van der Waals surface area contributed by atoms with Crippen molar-refractivity contribution in [2.75, 3.05) is 44.2 Å². The first-order valence-corrected chi connectivity index (χ1v) is 10.3. The fraction of sp³-hybridized carbons (Fsp3) is 0.684. The molecule has 2 aliphatic heterocycles. The van der Waals surface area contributed by atoms with Gasteiger partial charge in [0.2, 0.25) is 0 Å². The second-order valence-corrected chi connectivity index (χ2v) is 9.10. The lowest BCUT2D eigenvalue weighted by atomic mass is 10.0. The van der Waals surface area contributed by atoms with Crippen LogP contribution in [-0.2, 0) is 4.74 Å². The highest BCUT2D eigenvalue weighted by molar-refractivity contribution is 9.10. The Morgan fingerprint density at radius 3 is 2.37 bits per heavy atom. The summed E-state index contributed by atoms with van der Waals surface area (Å²) >= 11 is 3.25. The fourth-order valence-corrected chi connectivity index (χ4v) is 3.98. The van der Waals surface area contributed by atoms with Gasteiger partial charge in [-0.25, -0.2) is 14.2 Å². The van der Waals surface area contributed by atoms with E-state index in [0.717, 1.165) is 39.0 Å². The van der Waals surface area contributed by atoms with Crippen molar-refractivity contribution in [2.24, 2.45) is 0 Å². The number of pyridine rings is 1. The Kier molecular flexibility index (Phi) is 6.25. The second-order valence-electron chi connectivity index (χ2n) is 8.18. The number of anilines is 1. The van der Waals surface area contributed by atoms with E-state index in [1.807, 2.05) is 25.7 Å². The maximum atomic E-state index is 14.1. The van der Waals surface area contributed by atoms with Crippen LogP contribution in [0.2, 0.25) is 0 Å². The SMILES string of the molecule is CC(C)(C)OC(=O)N1CCN(C2CCN(c3ncc(Br)cc3F)CC2)CC1. The molecule has 0 saturated carbocycles. The van der Waals surface area contributed by atoms with Crippen molar-refractivity contribution in [3.8, 4) is 0 Å². The van der Waals surface area contributed by atoms with Crippen molar-refractivity contribution in [3.05, 3.63) is 22.6 Å². The molecule has 0 aliphatic carbocycles. The molecular formula is C19H28BrFN4O2. The molecular weight excluding hydrogens is 415 g/mol. The average Bonchev–Trinajstić information content (AvgIpc) is 2.61. The summed E-state index contributed by atoms with van der Waals surface area (Å²) < 4.78 is 20.2. The van der Waals surface area contributed by atoms with E-state index >= 15 is 0 Å². The molecule has 2 fully saturated rings. The zero-order chi connectivity index (χ0) is 19.6. The summed E-state index contributed by atoms with van der Waals surface area (Å²) in [6, 6.07) is 1.94. The van der Waals surface area contributed by atoms with Crippen LogP contribution >= 0.6 is 15.9 Å². The number of piperidine rings is 1. The van der Waals surface area contributed by atoms with Crippen molar-refractivity contribution >= 4 is 27.8 Å². The Labute approximate surface area is 168 Å². The first-order valence-electron chi connectivity index (χ1n) is 9.51. The molecule has 0 N–H and O–H groups in total. The highest BCUT2D eigenvalue weighted by Gasteiger charge is 2.31. The smallest absolute Gasteiger partial charge is 0.410 e. The number of hydrogen-bond acceptors (Lipinski definition) is 5. The van der Waals surface area contributed by atoms with Crippen molar-refractivity contribution < 1.29 is 13.9 Å². The molecule has 3 rings (SSSR count). The van der Waals surface area contributed by atoms with E-state index in [1.165, 1.54) is 6.07 Å². The molecule has 0 atom stereocenters. The fourth-order valence-electron chi connectivity index (χ4n) is 3.68. The minimum Gasteiger partial charge on any atom is -0.444 e. The highest BCUT2D eigenvalue weighted by atomic mass is 79.9. The minimum atomic E-state index is -0.461. The molecule has 2 saturated heterocycles. The molecule has 1 amide bonds. The first kappa shape index (κ1) is 20.3. The van der Waals surface area contributed by atoms with Gasteiger partial charge in [0.15, 0.2) is 11.6 Å². The van der Waals surface area contributed by atoms with E-state index in [-0.39, 0.29) is 11.9 Å². The number of rotatable bonds is 2. The molecule has 6 nitrogen and oxygen atoms in total. The van der Waals surface area contributed by atoms with Gasteiger partial charge in [0.05, 0.1) is 0 Å². The molecule has 0 aromatic carbocycles. The lowest BCUT2D eigenvalue weighted by Gasteiger charge is -2.43. The zero-order valence-corrected chi connectivity index (χ0v) is 17.8. The van der Waals surface area contributed by atoms with Crippen molar-refractivity contribution in [2.45, 2.75) is 45.3 Å². The quantitative estimate of drug-likeness (QED) is 0.701. The van der Waals surface area contributed by atoms with E-state index in [1.54, 1.807) is 11.1 Å². The third kappa shape index (κ3) is 5.31. The molecule has 8 heteroatoms. The molecule has 0 radical (unpaired) electrons. The van der Waals surface area contributed by atoms with E-state index in [9.17, 15) is 9.18 Å². The van der Waals surface area contributed by atoms with Crippen molar-refractivity contribution in [1.82, 2.24) is 14.8 Å². The number of nitrogens with zero attached hydrogens (tertiary/aromatic N) is 4. The summed E-state index contributed by atoms with van der Waals surface area (Å²) in [5, 5.41) is 0. The van der Waals surface area contributed by atoms with E-state index in [4.69, 9.17) is 4.74 Å². The summed E-state index contributed by atoms with van der Waals surface area (Å²) in [5.41, 5.74) is -0.461. The minimum absolute atomic E-state index is 0.228. The molecule has 3 heterocycles. The van der Waals surface area contributed by atoms with Gasteiger partial charge in [-0.2, -0.15) is 0 Å². The summed E-state index contributed by atoms with van der Waals surface area (Å²) in [7, 11) is 0. The molecule has 1 aromatic rings. The van der Waals surface area contributed by atoms with Gasteiger partial charge in [0, 0.05) is 56.0 Å². The van der Waals surface area contributed by atoms with Crippen LogP contribution in [0.4, 0.5) is 15.0 Å². The Hall–Kier alpha value is -1.41. The molecule has 0 spiro atoms. The zero-order valence-electron chi connectivity index (χ0n) is 16.3. The van der Waals surface area contributed by atoms with Gasteiger partial charge in [0.1, 0.15) is 5.60 Å². The Bertz CT molecular complexity index is 666. The predicted octanol–water partition coefficient (Wildman–Crippen LogP) is 3.50. The Morgan fingerprint density at radius 1 is 1.19 bits per heavy atom. The van der Waals surface area contributed by atoms with Crippen LogP contribution < -0.4 is 4.90 Å². The number of carbonyl (C=O) groups is 1. The van der Waals surface area contributed by atoms with Crippen LogP contribution in [0, 0.1) is 5.82 Å². The normalized spacial score (nSPS) is 20.0. The number of ether oxygens (including phenoxy) is 1. The van der Waals surface area contributed by atoms with Gasteiger partial charge in [-0.1, -0.05) is 0 Å². The van der Waals surface area contributed by atoms with E-state index in [0.29, 0.717) is 29.4 Å². The first-order chi connectivity index (χ1) is 12.7. The number of piperazine rings is 1. The van der Waals surface area contributed by atoms with Crippen LogP contribution in [0.15, 0.2) is 16.7 Å². The maximum Gasteiger partial charge on any atom is 0.410 e. The van der Waals surface area contributed by atoms with Gasteiger partial charge in [-0.05, 0) is 55.6 Å². The van der Waals surface area contributed by atoms with Crippen LogP contribution in [-0.4, -0.2) is 71.8 Å². The molecule has 0 bridgehead atoms. The number of halogens is 2. The van der Waals surface area contributed by atoms with E-state index in [2.05, 4.69) is 25.8 Å². The molecule has 1 aromatic heterocycles. The molecule has 27 heavy (non-hydrogen) atoms. The molecule has 0 unspecified atom stereocenters. The second kappa shape index (κ2) is 8.31. The predicted molar refractivity (Wildman–Crippen MR) is 107 cm³/mol. The average molecular weight is 443 g/mol.